The first kappa shape index (κ1) is 21.4. The summed E-state index contributed by atoms with van der Waals surface area (Å²) in [5, 5.41) is 2.88. The van der Waals surface area contributed by atoms with Gasteiger partial charge in [0.2, 0.25) is 0 Å². The second-order valence-electron chi connectivity index (χ2n) is 5.64. The van der Waals surface area contributed by atoms with Gasteiger partial charge in [-0.2, -0.15) is 13.2 Å². The average Bonchev–Trinajstić information content (AvgIpc) is 3.06. The number of rotatable bonds is 4. The van der Waals surface area contributed by atoms with Gasteiger partial charge in [0.1, 0.15) is 17.5 Å². The molecular formula is C20H20F5N3. The fourth-order valence-corrected chi connectivity index (χ4v) is 2.50. The summed E-state index contributed by atoms with van der Waals surface area (Å²) in [6.07, 6.45) is -3.59. The van der Waals surface area contributed by atoms with E-state index in [1.165, 1.54) is 29.7 Å². The number of aryl methyl sites for hydroxylation is 1. The minimum Gasteiger partial charge on any atom is -0.381 e. The summed E-state index contributed by atoms with van der Waals surface area (Å²) in [7, 11) is 0. The summed E-state index contributed by atoms with van der Waals surface area (Å²) >= 11 is 0. The Morgan fingerprint density at radius 1 is 0.964 bits per heavy atom. The van der Waals surface area contributed by atoms with E-state index >= 15 is 0 Å². The topological polar surface area (TPSA) is 29.9 Å². The zero-order chi connectivity index (χ0) is 20.9. The van der Waals surface area contributed by atoms with Crippen molar-refractivity contribution in [1.29, 1.82) is 0 Å². The number of nitrogens with one attached hydrogen (secondary N) is 1. The second kappa shape index (κ2) is 8.86. The molecule has 3 rings (SSSR count). The largest absolute Gasteiger partial charge is 0.434 e. The van der Waals surface area contributed by atoms with E-state index in [9.17, 15) is 22.0 Å². The van der Waals surface area contributed by atoms with Crippen LogP contribution in [0.4, 0.5) is 27.6 Å². The first-order valence-electron chi connectivity index (χ1n) is 8.66. The Hall–Kier alpha value is -2.90. The van der Waals surface area contributed by atoms with Crippen LogP contribution in [-0.2, 0) is 12.7 Å². The number of hydrogen-bond acceptors (Lipinski definition) is 2. The van der Waals surface area contributed by atoms with Crippen LogP contribution < -0.4 is 5.32 Å². The van der Waals surface area contributed by atoms with Crippen molar-refractivity contribution in [3.8, 4) is 5.69 Å². The SMILES string of the molecule is CC.Cc1nc(C(F)(F)F)cn1-c1ccc(NCc2c(F)cccc2F)cc1. The normalized spacial score (nSPS) is 11.0. The maximum absolute atomic E-state index is 13.6. The summed E-state index contributed by atoms with van der Waals surface area (Å²) in [5.41, 5.74) is 0.0161. The predicted molar refractivity (Wildman–Crippen MR) is 98.3 cm³/mol. The van der Waals surface area contributed by atoms with E-state index in [-0.39, 0.29) is 17.9 Å². The molecule has 1 N–H and O–H groups in total. The highest BCUT2D eigenvalue weighted by Gasteiger charge is 2.34. The third kappa shape index (κ3) is 4.88. The second-order valence-corrected chi connectivity index (χ2v) is 5.64. The van der Waals surface area contributed by atoms with Gasteiger partial charge in [0.05, 0.1) is 0 Å². The molecule has 3 nitrogen and oxygen atoms in total. The van der Waals surface area contributed by atoms with Crippen molar-refractivity contribution in [2.24, 2.45) is 0 Å². The lowest BCUT2D eigenvalue weighted by molar-refractivity contribution is -0.141. The highest BCUT2D eigenvalue weighted by molar-refractivity contribution is 5.49. The summed E-state index contributed by atoms with van der Waals surface area (Å²) in [5.74, 6) is -1.10. The fraction of sp³-hybridized carbons (Fsp3) is 0.250. The van der Waals surface area contributed by atoms with Gasteiger partial charge < -0.3 is 9.88 Å². The minimum absolute atomic E-state index is 0.0554. The smallest absolute Gasteiger partial charge is 0.381 e. The monoisotopic (exact) mass is 397 g/mol. The number of alkyl halides is 3. The first-order chi connectivity index (χ1) is 13.3. The van der Waals surface area contributed by atoms with Crippen molar-refractivity contribution in [3.05, 3.63) is 77.4 Å². The van der Waals surface area contributed by atoms with E-state index in [0.717, 1.165) is 6.20 Å². The highest BCUT2D eigenvalue weighted by Crippen LogP contribution is 2.29. The van der Waals surface area contributed by atoms with Crippen LogP contribution in [0.1, 0.15) is 30.9 Å². The van der Waals surface area contributed by atoms with E-state index in [1.807, 2.05) is 13.8 Å². The molecule has 28 heavy (non-hydrogen) atoms. The Balaban J connectivity index is 0.00000136. The van der Waals surface area contributed by atoms with E-state index in [1.54, 1.807) is 24.3 Å². The average molecular weight is 397 g/mol. The summed E-state index contributed by atoms with van der Waals surface area (Å²) in [6.45, 7) is 5.42. The molecule has 1 heterocycles. The Morgan fingerprint density at radius 2 is 1.54 bits per heavy atom. The van der Waals surface area contributed by atoms with Crippen LogP contribution in [0.5, 0.6) is 0 Å². The molecule has 0 fully saturated rings. The van der Waals surface area contributed by atoms with Crippen LogP contribution in [0.25, 0.3) is 5.69 Å². The van der Waals surface area contributed by atoms with Crippen molar-refractivity contribution in [2.45, 2.75) is 33.5 Å². The Morgan fingerprint density at radius 3 is 2.04 bits per heavy atom. The highest BCUT2D eigenvalue weighted by atomic mass is 19.4. The maximum Gasteiger partial charge on any atom is 0.434 e. The van der Waals surface area contributed by atoms with Crippen molar-refractivity contribution in [3.63, 3.8) is 0 Å². The molecule has 0 aliphatic carbocycles. The van der Waals surface area contributed by atoms with E-state index in [4.69, 9.17) is 0 Å². The molecule has 1 aromatic heterocycles. The van der Waals surface area contributed by atoms with Gasteiger partial charge in [-0.25, -0.2) is 13.8 Å². The number of benzene rings is 2. The van der Waals surface area contributed by atoms with Crippen LogP contribution in [-0.4, -0.2) is 9.55 Å². The third-order valence-electron chi connectivity index (χ3n) is 3.85. The molecular weight excluding hydrogens is 377 g/mol. The quantitative estimate of drug-likeness (QED) is 0.538. The molecule has 0 saturated carbocycles. The molecule has 0 amide bonds. The number of anilines is 1. The molecule has 0 saturated heterocycles. The van der Waals surface area contributed by atoms with Crippen molar-refractivity contribution >= 4 is 5.69 Å². The van der Waals surface area contributed by atoms with Gasteiger partial charge in [-0.1, -0.05) is 19.9 Å². The van der Waals surface area contributed by atoms with Crippen molar-refractivity contribution < 1.29 is 22.0 Å². The van der Waals surface area contributed by atoms with Crippen LogP contribution in [0.15, 0.2) is 48.7 Å². The fourth-order valence-electron chi connectivity index (χ4n) is 2.50. The van der Waals surface area contributed by atoms with Crippen molar-refractivity contribution in [2.75, 3.05) is 5.32 Å². The third-order valence-corrected chi connectivity index (χ3v) is 3.85. The Labute approximate surface area is 159 Å². The van der Waals surface area contributed by atoms with Gasteiger partial charge in [-0.15, -0.1) is 0 Å². The lowest BCUT2D eigenvalue weighted by Crippen LogP contribution is -2.05. The van der Waals surface area contributed by atoms with Gasteiger partial charge in [-0.05, 0) is 43.3 Å². The lowest BCUT2D eigenvalue weighted by Gasteiger charge is -2.10. The van der Waals surface area contributed by atoms with Crippen LogP contribution in [0.3, 0.4) is 0 Å². The Kier molecular flexibility index (Phi) is 6.77. The Bertz CT molecular complexity index is 894. The van der Waals surface area contributed by atoms with Crippen molar-refractivity contribution in [1.82, 2.24) is 9.55 Å². The molecule has 150 valence electrons. The number of aromatic nitrogens is 2. The van der Waals surface area contributed by atoms with Gasteiger partial charge in [0.25, 0.3) is 0 Å². The molecule has 0 atom stereocenters. The number of hydrogen-bond donors (Lipinski definition) is 1. The molecule has 0 unspecified atom stereocenters. The molecule has 8 heteroatoms. The number of imidazole rings is 1. The minimum atomic E-state index is -4.51. The molecule has 2 aromatic carbocycles. The lowest BCUT2D eigenvalue weighted by atomic mass is 10.2. The van der Waals surface area contributed by atoms with Crippen LogP contribution in [0, 0.1) is 18.6 Å². The van der Waals surface area contributed by atoms with Crippen LogP contribution in [0.2, 0.25) is 0 Å². The van der Waals surface area contributed by atoms with Gasteiger partial charge in [0.15, 0.2) is 5.69 Å². The van der Waals surface area contributed by atoms with Gasteiger partial charge in [0, 0.05) is 29.7 Å². The molecule has 3 aromatic rings. The van der Waals surface area contributed by atoms with Gasteiger partial charge >= 0.3 is 6.18 Å². The standard InChI is InChI=1S/C18H14F5N3.C2H6/c1-11-25-17(18(21,22)23)10-26(11)13-7-5-12(6-8-13)24-9-14-15(19)3-2-4-16(14)20;1-2/h2-8,10,24H,9H2,1H3;1-2H3. The van der Waals surface area contributed by atoms with E-state index < -0.39 is 23.5 Å². The molecule has 0 aliphatic heterocycles. The number of halogens is 5. The summed E-state index contributed by atoms with van der Waals surface area (Å²) in [6, 6.07) is 10.0. The molecule has 0 aliphatic rings. The van der Waals surface area contributed by atoms with E-state index in [0.29, 0.717) is 11.4 Å². The summed E-state index contributed by atoms with van der Waals surface area (Å²) in [4.78, 5) is 3.52. The zero-order valence-corrected chi connectivity index (χ0v) is 15.6. The first-order valence-corrected chi connectivity index (χ1v) is 8.66. The molecule has 0 bridgehead atoms. The summed E-state index contributed by atoms with van der Waals surface area (Å²) < 4.78 is 66.7. The van der Waals surface area contributed by atoms with E-state index in [2.05, 4.69) is 10.3 Å². The predicted octanol–water partition coefficient (Wildman–Crippen LogP) is 6.12. The maximum atomic E-state index is 13.6. The number of nitrogens with zero attached hydrogens (tertiary/aromatic N) is 2. The molecule has 0 spiro atoms. The van der Waals surface area contributed by atoms with Gasteiger partial charge in [-0.3, -0.25) is 0 Å². The zero-order valence-electron chi connectivity index (χ0n) is 15.6. The van der Waals surface area contributed by atoms with Crippen LogP contribution >= 0.6 is 0 Å². The molecule has 0 radical (unpaired) electrons.